The van der Waals surface area contributed by atoms with Gasteiger partial charge >= 0.3 is 5.97 Å². The van der Waals surface area contributed by atoms with Crippen molar-refractivity contribution in [1.82, 2.24) is 0 Å². The van der Waals surface area contributed by atoms with E-state index in [-0.39, 0.29) is 23.9 Å². The van der Waals surface area contributed by atoms with E-state index in [0.717, 1.165) is 5.56 Å². The highest BCUT2D eigenvalue weighted by Gasteiger charge is 2.35. The Morgan fingerprint density at radius 1 is 1.16 bits per heavy atom. The molecular formula is C20H21NO4. The quantitative estimate of drug-likeness (QED) is 0.815. The first-order valence-corrected chi connectivity index (χ1v) is 8.34. The van der Waals surface area contributed by atoms with Crippen molar-refractivity contribution >= 4 is 17.6 Å². The SMILES string of the molecule is COc1ccccc1NC(=O)CC[C@H]1CC(=O)O[C@H]1c1ccccc1. The van der Waals surface area contributed by atoms with Crippen LogP contribution in [0.3, 0.4) is 0 Å². The van der Waals surface area contributed by atoms with Gasteiger partial charge in [-0.1, -0.05) is 42.5 Å². The Hall–Kier alpha value is -2.82. The number of benzene rings is 2. The zero-order chi connectivity index (χ0) is 17.6. The number of para-hydroxylation sites is 2. The standard InChI is InChI=1S/C20H21NO4/c1-24-17-10-6-5-9-16(17)21-18(22)12-11-15-13-19(23)25-20(15)14-7-3-2-4-8-14/h2-10,15,20H,11-13H2,1H3,(H,21,22)/t15-,20-/m0/s1. The fourth-order valence-corrected chi connectivity index (χ4v) is 3.12. The second kappa shape index (κ2) is 7.83. The van der Waals surface area contributed by atoms with Crippen molar-refractivity contribution in [2.45, 2.75) is 25.4 Å². The molecule has 2 aromatic carbocycles. The van der Waals surface area contributed by atoms with Gasteiger partial charge in [0.15, 0.2) is 0 Å². The third-order valence-electron chi connectivity index (χ3n) is 4.37. The molecule has 25 heavy (non-hydrogen) atoms. The van der Waals surface area contributed by atoms with E-state index in [1.54, 1.807) is 19.2 Å². The number of methoxy groups -OCH3 is 1. The molecule has 1 fully saturated rings. The summed E-state index contributed by atoms with van der Waals surface area (Å²) in [4.78, 5) is 24.0. The van der Waals surface area contributed by atoms with Gasteiger partial charge in [-0.05, 0) is 24.1 Å². The number of hydrogen-bond acceptors (Lipinski definition) is 4. The lowest BCUT2D eigenvalue weighted by Crippen LogP contribution is -2.15. The lowest BCUT2D eigenvalue weighted by Gasteiger charge is -2.17. The van der Waals surface area contributed by atoms with Crippen LogP contribution in [0.1, 0.15) is 30.9 Å². The maximum absolute atomic E-state index is 12.3. The molecule has 130 valence electrons. The summed E-state index contributed by atoms with van der Waals surface area (Å²) < 4.78 is 10.7. The molecule has 0 saturated carbocycles. The van der Waals surface area contributed by atoms with Gasteiger partial charge in [0.05, 0.1) is 19.2 Å². The van der Waals surface area contributed by atoms with Crippen molar-refractivity contribution in [2.24, 2.45) is 5.92 Å². The molecule has 1 amide bonds. The minimum Gasteiger partial charge on any atom is -0.495 e. The van der Waals surface area contributed by atoms with E-state index in [1.165, 1.54) is 0 Å². The van der Waals surface area contributed by atoms with Gasteiger partial charge in [-0.25, -0.2) is 0 Å². The molecule has 1 aliphatic rings. The zero-order valence-corrected chi connectivity index (χ0v) is 14.1. The Labute approximate surface area is 147 Å². The Morgan fingerprint density at radius 2 is 1.88 bits per heavy atom. The Kier molecular flexibility index (Phi) is 5.33. The molecule has 1 N–H and O–H groups in total. The molecular weight excluding hydrogens is 318 g/mol. The predicted octanol–water partition coefficient (Wildman–Crippen LogP) is 3.72. The Bertz CT molecular complexity index is 744. The van der Waals surface area contributed by atoms with Gasteiger partial charge in [0, 0.05) is 12.3 Å². The first kappa shape index (κ1) is 17.0. The minimum atomic E-state index is -0.271. The molecule has 5 nitrogen and oxygen atoms in total. The van der Waals surface area contributed by atoms with Crippen molar-refractivity contribution in [3.05, 3.63) is 60.2 Å². The molecule has 5 heteroatoms. The van der Waals surface area contributed by atoms with Crippen molar-refractivity contribution in [3.8, 4) is 5.75 Å². The number of carbonyl (C=O) groups is 2. The number of hydrogen-bond donors (Lipinski definition) is 1. The smallest absolute Gasteiger partial charge is 0.306 e. The minimum absolute atomic E-state index is 0.0123. The molecule has 1 heterocycles. The molecule has 0 aliphatic carbocycles. The molecule has 0 bridgehead atoms. The van der Waals surface area contributed by atoms with E-state index in [2.05, 4.69) is 5.32 Å². The average Bonchev–Trinajstić information content (AvgIpc) is 3.02. The average molecular weight is 339 g/mol. The van der Waals surface area contributed by atoms with Crippen LogP contribution in [0.15, 0.2) is 54.6 Å². The first-order chi connectivity index (χ1) is 12.2. The van der Waals surface area contributed by atoms with Crippen LogP contribution in [-0.2, 0) is 14.3 Å². The normalized spacial score (nSPS) is 19.3. The van der Waals surface area contributed by atoms with E-state index in [1.807, 2.05) is 42.5 Å². The van der Waals surface area contributed by atoms with E-state index in [0.29, 0.717) is 30.7 Å². The number of cyclic esters (lactones) is 1. The summed E-state index contributed by atoms with van der Waals surface area (Å²) in [6, 6.07) is 17.0. The van der Waals surface area contributed by atoms with E-state index >= 15 is 0 Å². The number of carbonyl (C=O) groups excluding carboxylic acids is 2. The molecule has 1 saturated heterocycles. The van der Waals surface area contributed by atoms with Crippen LogP contribution >= 0.6 is 0 Å². The predicted molar refractivity (Wildman–Crippen MR) is 94.2 cm³/mol. The topological polar surface area (TPSA) is 64.6 Å². The number of amides is 1. The van der Waals surface area contributed by atoms with E-state index < -0.39 is 0 Å². The molecule has 0 spiro atoms. The molecule has 3 rings (SSSR count). The van der Waals surface area contributed by atoms with E-state index in [9.17, 15) is 9.59 Å². The van der Waals surface area contributed by atoms with Crippen molar-refractivity contribution in [3.63, 3.8) is 0 Å². The highest BCUT2D eigenvalue weighted by atomic mass is 16.5. The summed E-state index contributed by atoms with van der Waals surface area (Å²) in [6.07, 6.45) is 0.990. The molecule has 1 aliphatic heterocycles. The molecule has 0 radical (unpaired) electrons. The van der Waals surface area contributed by atoms with Gasteiger partial charge in [-0.2, -0.15) is 0 Å². The monoisotopic (exact) mass is 339 g/mol. The van der Waals surface area contributed by atoms with Crippen LogP contribution in [0.2, 0.25) is 0 Å². The maximum atomic E-state index is 12.3. The number of nitrogens with one attached hydrogen (secondary N) is 1. The van der Waals surface area contributed by atoms with Crippen molar-refractivity contribution in [2.75, 3.05) is 12.4 Å². The largest absolute Gasteiger partial charge is 0.495 e. The summed E-state index contributed by atoms with van der Waals surface area (Å²) in [5.41, 5.74) is 1.62. The van der Waals surface area contributed by atoms with Gasteiger partial charge in [0.1, 0.15) is 11.9 Å². The van der Waals surface area contributed by atoms with Crippen LogP contribution in [0.5, 0.6) is 5.75 Å². The van der Waals surface area contributed by atoms with Gasteiger partial charge < -0.3 is 14.8 Å². The second-order valence-electron chi connectivity index (χ2n) is 6.07. The number of ether oxygens (including phenoxy) is 2. The molecule has 2 aromatic rings. The fraction of sp³-hybridized carbons (Fsp3) is 0.300. The van der Waals surface area contributed by atoms with Crippen LogP contribution in [-0.4, -0.2) is 19.0 Å². The summed E-state index contributed by atoms with van der Waals surface area (Å²) in [6.45, 7) is 0. The Morgan fingerprint density at radius 3 is 2.64 bits per heavy atom. The van der Waals surface area contributed by atoms with Crippen LogP contribution in [0.4, 0.5) is 5.69 Å². The number of rotatable bonds is 6. The Balaban J connectivity index is 1.60. The third-order valence-corrected chi connectivity index (χ3v) is 4.37. The van der Waals surface area contributed by atoms with Crippen molar-refractivity contribution < 1.29 is 19.1 Å². The van der Waals surface area contributed by atoms with Gasteiger partial charge in [0.2, 0.25) is 5.91 Å². The first-order valence-electron chi connectivity index (χ1n) is 8.34. The van der Waals surface area contributed by atoms with Gasteiger partial charge in [-0.15, -0.1) is 0 Å². The summed E-state index contributed by atoms with van der Waals surface area (Å²) in [5, 5.41) is 2.86. The third kappa shape index (κ3) is 4.18. The van der Waals surface area contributed by atoms with Crippen LogP contribution in [0, 0.1) is 5.92 Å². The summed E-state index contributed by atoms with van der Waals surface area (Å²) in [7, 11) is 1.57. The van der Waals surface area contributed by atoms with Crippen LogP contribution < -0.4 is 10.1 Å². The molecule has 0 unspecified atom stereocenters. The molecule has 2 atom stereocenters. The number of anilines is 1. The lowest BCUT2D eigenvalue weighted by atomic mass is 9.91. The molecule has 0 aromatic heterocycles. The van der Waals surface area contributed by atoms with Gasteiger partial charge in [-0.3, -0.25) is 9.59 Å². The summed E-state index contributed by atoms with van der Waals surface area (Å²) in [5.74, 6) is 0.329. The highest BCUT2D eigenvalue weighted by molar-refractivity contribution is 5.92. The summed E-state index contributed by atoms with van der Waals surface area (Å²) >= 11 is 0. The lowest BCUT2D eigenvalue weighted by molar-refractivity contribution is -0.141. The maximum Gasteiger partial charge on any atom is 0.306 e. The number of esters is 1. The fourth-order valence-electron chi connectivity index (χ4n) is 3.12. The zero-order valence-electron chi connectivity index (χ0n) is 14.1. The van der Waals surface area contributed by atoms with E-state index in [4.69, 9.17) is 9.47 Å². The second-order valence-corrected chi connectivity index (χ2v) is 6.07. The van der Waals surface area contributed by atoms with Crippen LogP contribution in [0.25, 0.3) is 0 Å². The van der Waals surface area contributed by atoms with Gasteiger partial charge in [0.25, 0.3) is 0 Å². The van der Waals surface area contributed by atoms with Crippen molar-refractivity contribution in [1.29, 1.82) is 0 Å². The highest BCUT2D eigenvalue weighted by Crippen LogP contribution is 2.38.